The number of likely N-dealkylation sites (N-methyl/N-ethyl adjacent to an activating group) is 1. The van der Waals surface area contributed by atoms with Crippen molar-refractivity contribution in [1.82, 2.24) is 20.3 Å². The van der Waals surface area contributed by atoms with E-state index in [0.29, 0.717) is 12.1 Å². The van der Waals surface area contributed by atoms with E-state index in [-0.39, 0.29) is 17.0 Å². The van der Waals surface area contributed by atoms with Gasteiger partial charge in [0, 0.05) is 6.54 Å². The first-order valence-electron chi connectivity index (χ1n) is 5.91. The molecule has 0 bridgehead atoms. The molecule has 0 aliphatic rings. The van der Waals surface area contributed by atoms with E-state index in [9.17, 15) is 9.59 Å². The minimum absolute atomic E-state index is 0.0758. The Bertz CT molecular complexity index is 635. The first kappa shape index (κ1) is 13.0. The highest BCUT2D eigenvalue weighted by Crippen LogP contribution is 2.19. The van der Waals surface area contributed by atoms with E-state index < -0.39 is 12.0 Å². The molecule has 19 heavy (non-hydrogen) atoms. The molecular weight excluding hydrogens is 248 g/mol. The molecule has 0 spiro atoms. The summed E-state index contributed by atoms with van der Waals surface area (Å²) in [5, 5.41) is 19.5. The molecule has 1 heterocycles. The largest absolute Gasteiger partial charge is 0.478 e. The lowest BCUT2D eigenvalue weighted by Gasteiger charge is -2.11. The number of aromatic nitrogens is 3. The Kier molecular flexibility index (Phi) is 3.46. The molecule has 0 saturated carbocycles. The fraction of sp³-hybridized carbons (Fsp3) is 0.333. The number of carbonyl (C=O) groups excluding carboxylic acids is 1. The normalized spacial score (nSPS) is 12.3. The monoisotopic (exact) mass is 262 g/mol. The van der Waals surface area contributed by atoms with Gasteiger partial charge in [-0.25, -0.2) is 9.48 Å². The van der Waals surface area contributed by atoms with E-state index in [0.717, 1.165) is 0 Å². The number of aromatic carboxylic acids is 1. The lowest BCUT2D eigenvalue weighted by atomic mass is 10.2. The van der Waals surface area contributed by atoms with Gasteiger partial charge in [-0.3, -0.25) is 4.79 Å². The van der Waals surface area contributed by atoms with Gasteiger partial charge in [-0.2, -0.15) is 0 Å². The zero-order valence-electron chi connectivity index (χ0n) is 10.6. The molecule has 1 aromatic heterocycles. The van der Waals surface area contributed by atoms with Gasteiger partial charge in [-0.15, -0.1) is 5.10 Å². The van der Waals surface area contributed by atoms with Gasteiger partial charge in [0.1, 0.15) is 11.6 Å². The molecule has 2 rings (SSSR count). The van der Waals surface area contributed by atoms with Crippen LogP contribution in [0.15, 0.2) is 18.2 Å². The number of amides is 1. The first-order valence-corrected chi connectivity index (χ1v) is 5.91. The number of carbonyl (C=O) groups is 2. The predicted octanol–water partition coefficient (Wildman–Crippen LogP) is 0.827. The second kappa shape index (κ2) is 5.05. The van der Waals surface area contributed by atoms with Gasteiger partial charge in [0.05, 0.1) is 11.1 Å². The van der Waals surface area contributed by atoms with Crippen LogP contribution in [0, 0.1) is 0 Å². The Balaban J connectivity index is 2.49. The molecule has 7 nitrogen and oxygen atoms in total. The average Bonchev–Trinajstić information content (AvgIpc) is 2.81. The van der Waals surface area contributed by atoms with Crippen LogP contribution in [0.1, 0.15) is 30.2 Å². The highest BCUT2D eigenvalue weighted by molar-refractivity contribution is 6.00. The number of fused-ring (bicyclic) bond motifs is 1. The third-order valence-corrected chi connectivity index (χ3v) is 2.83. The number of hydrogen-bond acceptors (Lipinski definition) is 4. The van der Waals surface area contributed by atoms with Crippen molar-refractivity contribution in [3.05, 3.63) is 23.8 Å². The molecule has 0 aliphatic carbocycles. The second-order valence-corrected chi connectivity index (χ2v) is 4.08. The molecule has 2 N–H and O–H groups in total. The topological polar surface area (TPSA) is 97.1 Å². The van der Waals surface area contributed by atoms with Gasteiger partial charge in [-0.05, 0) is 26.0 Å². The molecule has 7 heteroatoms. The number of hydrogen-bond donors (Lipinski definition) is 2. The summed E-state index contributed by atoms with van der Waals surface area (Å²) in [5.41, 5.74) is 0.886. The van der Waals surface area contributed by atoms with Crippen LogP contribution in [0.3, 0.4) is 0 Å². The van der Waals surface area contributed by atoms with E-state index in [1.54, 1.807) is 19.1 Å². The average molecular weight is 262 g/mol. The molecule has 1 amide bonds. The van der Waals surface area contributed by atoms with Crippen LogP contribution < -0.4 is 5.32 Å². The fourth-order valence-corrected chi connectivity index (χ4v) is 1.85. The SMILES string of the molecule is CCNC(=O)C(C)n1nnc2c(C(=O)O)cccc21. The molecule has 1 atom stereocenters. The Morgan fingerprint density at radius 2 is 2.21 bits per heavy atom. The van der Waals surface area contributed by atoms with Crippen LogP contribution in [0.25, 0.3) is 11.0 Å². The van der Waals surface area contributed by atoms with Crippen molar-refractivity contribution < 1.29 is 14.7 Å². The number of carboxylic acids is 1. The highest BCUT2D eigenvalue weighted by atomic mass is 16.4. The van der Waals surface area contributed by atoms with Crippen LogP contribution in [0.4, 0.5) is 0 Å². The van der Waals surface area contributed by atoms with Gasteiger partial charge in [0.2, 0.25) is 5.91 Å². The Labute approximate surface area is 109 Å². The van der Waals surface area contributed by atoms with Crippen molar-refractivity contribution >= 4 is 22.9 Å². The number of rotatable bonds is 4. The Hall–Kier alpha value is -2.44. The zero-order valence-corrected chi connectivity index (χ0v) is 10.6. The van der Waals surface area contributed by atoms with Gasteiger partial charge in [0.15, 0.2) is 0 Å². The Morgan fingerprint density at radius 3 is 2.84 bits per heavy atom. The van der Waals surface area contributed by atoms with Crippen molar-refractivity contribution in [1.29, 1.82) is 0 Å². The van der Waals surface area contributed by atoms with Crippen LogP contribution in [0.2, 0.25) is 0 Å². The molecular formula is C12H14N4O3. The van der Waals surface area contributed by atoms with E-state index in [2.05, 4.69) is 15.6 Å². The summed E-state index contributed by atoms with van der Waals surface area (Å²) < 4.78 is 1.42. The van der Waals surface area contributed by atoms with Crippen LogP contribution in [0.5, 0.6) is 0 Å². The quantitative estimate of drug-likeness (QED) is 0.850. The van der Waals surface area contributed by atoms with E-state index in [1.165, 1.54) is 10.7 Å². The van der Waals surface area contributed by atoms with Crippen molar-refractivity contribution in [2.24, 2.45) is 0 Å². The first-order chi connectivity index (χ1) is 9.06. The molecule has 0 fully saturated rings. The van der Waals surface area contributed by atoms with Crippen molar-refractivity contribution in [2.75, 3.05) is 6.54 Å². The molecule has 0 saturated heterocycles. The fourth-order valence-electron chi connectivity index (χ4n) is 1.85. The molecule has 0 radical (unpaired) electrons. The Morgan fingerprint density at radius 1 is 1.47 bits per heavy atom. The van der Waals surface area contributed by atoms with Crippen LogP contribution in [-0.2, 0) is 4.79 Å². The van der Waals surface area contributed by atoms with Gasteiger partial charge < -0.3 is 10.4 Å². The van der Waals surface area contributed by atoms with Crippen molar-refractivity contribution in [2.45, 2.75) is 19.9 Å². The molecule has 1 aromatic carbocycles. The zero-order chi connectivity index (χ0) is 14.0. The van der Waals surface area contributed by atoms with Crippen molar-refractivity contribution in [3.63, 3.8) is 0 Å². The van der Waals surface area contributed by atoms with Crippen LogP contribution in [-0.4, -0.2) is 38.5 Å². The minimum atomic E-state index is -1.07. The van der Waals surface area contributed by atoms with Crippen LogP contribution >= 0.6 is 0 Å². The molecule has 100 valence electrons. The van der Waals surface area contributed by atoms with Crippen molar-refractivity contribution in [3.8, 4) is 0 Å². The second-order valence-electron chi connectivity index (χ2n) is 4.08. The number of carboxylic acid groups (broad SMARTS) is 1. The number of benzene rings is 1. The predicted molar refractivity (Wildman–Crippen MR) is 67.9 cm³/mol. The molecule has 2 aromatic rings. The lowest BCUT2D eigenvalue weighted by Crippen LogP contribution is -2.31. The molecule has 1 unspecified atom stereocenters. The summed E-state index contributed by atoms with van der Waals surface area (Å²) in [6, 6.07) is 4.21. The minimum Gasteiger partial charge on any atom is -0.478 e. The molecule has 0 aliphatic heterocycles. The highest BCUT2D eigenvalue weighted by Gasteiger charge is 2.20. The standard InChI is InChI=1S/C12H14N4O3/c1-3-13-11(17)7(2)16-9-6-4-5-8(12(18)19)10(9)14-15-16/h4-7H,3H2,1-2H3,(H,13,17)(H,18,19). The maximum atomic E-state index is 11.8. The van der Waals surface area contributed by atoms with E-state index >= 15 is 0 Å². The third kappa shape index (κ3) is 2.26. The summed E-state index contributed by atoms with van der Waals surface area (Å²) in [4.78, 5) is 22.9. The maximum absolute atomic E-state index is 11.8. The lowest BCUT2D eigenvalue weighted by molar-refractivity contribution is -0.123. The summed E-state index contributed by atoms with van der Waals surface area (Å²) in [5.74, 6) is -1.25. The van der Waals surface area contributed by atoms with E-state index in [1.807, 2.05) is 6.92 Å². The van der Waals surface area contributed by atoms with Gasteiger partial charge >= 0.3 is 5.97 Å². The third-order valence-electron chi connectivity index (χ3n) is 2.83. The number of nitrogens with one attached hydrogen (secondary N) is 1. The number of nitrogens with zero attached hydrogens (tertiary/aromatic N) is 3. The summed E-state index contributed by atoms with van der Waals surface area (Å²) in [7, 11) is 0. The van der Waals surface area contributed by atoms with Gasteiger partial charge in [0.25, 0.3) is 0 Å². The summed E-state index contributed by atoms with van der Waals surface area (Å²) in [6.45, 7) is 4.04. The summed E-state index contributed by atoms with van der Waals surface area (Å²) >= 11 is 0. The summed E-state index contributed by atoms with van der Waals surface area (Å²) in [6.07, 6.45) is 0. The maximum Gasteiger partial charge on any atom is 0.338 e. The van der Waals surface area contributed by atoms with Gasteiger partial charge in [-0.1, -0.05) is 11.3 Å². The smallest absolute Gasteiger partial charge is 0.338 e. The van der Waals surface area contributed by atoms with E-state index in [4.69, 9.17) is 5.11 Å².